The Labute approximate surface area is 202 Å². The van der Waals surface area contributed by atoms with Crippen LogP contribution in [-0.2, 0) is 0 Å². The molecule has 21 heteroatoms. The van der Waals surface area contributed by atoms with Gasteiger partial charge in [0.2, 0.25) is 0 Å². The zero-order valence-electron chi connectivity index (χ0n) is 11.3. The fourth-order valence-corrected chi connectivity index (χ4v) is 0. The maximum absolute atomic E-state index is 0. The van der Waals surface area contributed by atoms with Crippen LogP contribution in [0.3, 0.4) is 0 Å². The summed E-state index contributed by atoms with van der Waals surface area (Å²) in [4.78, 5) is 0. The lowest BCUT2D eigenvalue weighted by molar-refractivity contribution is 2.13. The highest BCUT2D eigenvalue weighted by atomic mass is 35.5. The Kier molecular flexibility index (Phi) is 73300. The Morgan fingerprint density at radius 1 is 0.0952 bits per heavy atom. The Morgan fingerprint density at radius 3 is 0.0952 bits per heavy atom. The van der Waals surface area contributed by atoms with Crippen LogP contribution in [-0.4, -0.2) is 0 Å². The molecule has 0 heterocycles. The molecule has 0 amide bonds. The van der Waals surface area contributed by atoms with E-state index < -0.39 is 0 Å². The first-order chi connectivity index (χ1) is 0. The summed E-state index contributed by atoms with van der Waals surface area (Å²) in [6.45, 7) is 0. The highest BCUT2D eigenvalue weighted by Gasteiger charge is -0.135. The van der Waals surface area contributed by atoms with Crippen LogP contribution in [0.5, 0.6) is 0 Å². The molecule has 0 bridgehead atoms. The first-order valence-electron chi connectivity index (χ1n) is 0. The van der Waals surface area contributed by atoms with Crippen LogP contribution < -0.4 is 55.4 Å². The Morgan fingerprint density at radius 2 is 0.0952 bits per heavy atom. The highest BCUT2D eigenvalue weighted by molar-refractivity contribution is 5.86. The lowest BCUT2D eigenvalue weighted by atomic mass is 14.0. The van der Waals surface area contributed by atoms with Crippen molar-refractivity contribution in [3.05, 3.63) is 0 Å². The highest BCUT2D eigenvalue weighted by Crippen LogP contribution is 0.701. The van der Waals surface area contributed by atoms with Gasteiger partial charge in [0.25, 0.3) is 0 Å². The van der Waals surface area contributed by atoms with Crippen molar-refractivity contribution in [2.75, 3.05) is 0 Å². The van der Waals surface area contributed by atoms with Gasteiger partial charge in [-0.3, -0.25) is 0 Å². The van der Waals surface area contributed by atoms with Crippen molar-refractivity contribution in [3.8, 4) is 0 Å². The summed E-state index contributed by atoms with van der Waals surface area (Å²) >= 11 is 0. The van der Waals surface area contributed by atoms with E-state index in [0.29, 0.717) is 0 Å². The van der Waals surface area contributed by atoms with E-state index in [-0.39, 0.29) is 204 Å². The normalized spacial score (nSPS) is 0. The second-order valence-corrected chi connectivity index (χ2v) is 0. The fraction of sp³-hybridized carbons (Fsp3) is 0. The maximum Gasteiger partial charge on any atom is -0.147 e. The molecule has 0 aliphatic carbocycles. The van der Waals surface area contributed by atoms with E-state index in [1.807, 2.05) is 0 Å². The van der Waals surface area contributed by atoms with Gasteiger partial charge in [0.1, 0.15) is 0 Å². The van der Waals surface area contributed by atoms with E-state index in [4.69, 9.17) is 0 Å². The number of hydrogen-bond donors (Lipinski definition) is 9. The summed E-state index contributed by atoms with van der Waals surface area (Å²) in [5.74, 6) is 0. The minimum absolute atomic E-state index is 0. The van der Waals surface area contributed by atoms with E-state index in [9.17, 15) is 0 Å². The Balaban J connectivity index is 0. The first-order valence-corrected chi connectivity index (χ1v) is 0. The molecule has 0 radical (unpaired) electrons. The van der Waals surface area contributed by atoms with Gasteiger partial charge in [-0.2, -0.15) is 0 Å². The molecule has 0 aliphatic heterocycles. The minimum atomic E-state index is 0. The quantitative estimate of drug-likeness (QED) is 0.148. The fourth-order valence-electron chi connectivity index (χ4n) is 0. The predicted octanol–water partition coefficient (Wildman–Crippen LogP) is 6.52. The standard InChI is InChI=1S/12ClH.9H3N/h12*1H;9*1H3. The molecule has 9 nitrogen and oxygen atoms in total. The summed E-state index contributed by atoms with van der Waals surface area (Å²) in [5, 5.41) is 0. The van der Waals surface area contributed by atoms with Crippen molar-refractivity contribution in [2.24, 2.45) is 0 Å². The van der Waals surface area contributed by atoms with Crippen LogP contribution in [0.1, 0.15) is 0 Å². The number of rotatable bonds is 0. The van der Waals surface area contributed by atoms with Crippen molar-refractivity contribution in [1.29, 1.82) is 0 Å². The van der Waals surface area contributed by atoms with Crippen LogP contribution in [0, 0.1) is 0 Å². The van der Waals surface area contributed by atoms with Crippen molar-refractivity contribution >= 4 is 149 Å². The summed E-state index contributed by atoms with van der Waals surface area (Å²) in [5.41, 5.74) is 0. The zero-order valence-corrected chi connectivity index (χ0v) is 21.1. The monoisotopic (exact) mass is 585 g/mol. The molecule has 0 aromatic heterocycles. The van der Waals surface area contributed by atoms with Crippen LogP contribution in [0.25, 0.3) is 0 Å². The summed E-state index contributed by atoms with van der Waals surface area (Å²) in [6, 6.07) is 0. The molecule has 0 saturated heterocycles. The third kappa shape index (κ3) is 1060. The smallest absolute Gasteiger partial charge is 0.147 e. The molecule has 0 atom stereocenters. The van der Waals surface area contributed by atoms with Crippen molar-refractivity contribution in [2.45, 2.75) is 0 Å². The Hall–Kier alpha value is 3.12. The number of hydrogen-bond acceptors (Lipinski definition) is 9. The minimum Gasteiger partial charge on any atom is -0.344 e. The predicted molar refractivity (Wildman–Crippen MR) is 132 cm³/mol. The molecule has 168 valence electrons. The van der Waals surface area contributed by atoms with Crippen LogP contribution >= 0.6 is 149 Å². The van der Waals surface area contributed by atoms with Crippen LogP contribution in [0.2, 0.25) is 0 Å². The second kappa shape index (κ2) is 1160. The Bertz CT molecular complexity index is 20.7. The largest absolute Gasteiger partial charge is 0.344 e. The van der Waals surface area contributed by atoms with Crippen molar-refractivity contribution in [1.82, 2.24) is 55.4 Å². The van der Waals surface area contributed by atoms with Gasteiger partial charge in [0, 0.05) is 0 Å². The van der Waals surface area contributed by atoms with Gasteiger partial charge in [0.15, 0.2) is 0 Å². The van der Waals surface area contributed by atoms with Gasteiger partial charge < -0.3 is 55.4 Å². The summed E-state index contributed by atoms with van der Waals surface area (Å²) in [6.07, 6.45) is 0. The molecule has 21 heavy (non-hydrogen) atoms. The molecule has 0 spiro atoms. The van der Waals surface area contributed by atoms with Crippen molar-refractivity contribution in [3.63, 3.8) is 0 Å². The van der Waals surface area contributed by atoms with Gasteiger partial charge in [-0.05, 0) is 0 Å². The topological polar surface area (TPSA) is 315 Å². The second-order valence-electron chi connectivity index (χ2n) is 0. The third-order valence-electron chi connectivity index (χ3n) is 0. The molecule has 0 aromatic rings. The first kappa shape index (κ1) is 1320. The van der Waals surface area contributed by atoms with Crippen LogP contribution in [0.15, 0.2) is 0 Å². The molecule has 0 saturated carbocycles. The summed E-state index contributed by atoms with van der Waals surface area (Å²) < 4.78 is 0. The van der Waals surface area contributed by atoms with E-state index in [1.165, 1.54) is 0 Å². The molecule has 27 N–H and O–H groups in total. The molecule has 0 fully saturated rings. The van der Waals surface area contributed by atoms with E-state index >= 15 is 0 Å². The van der Waals surface area contributed by atoms with Crippen molar-refractivity contribution < 1.29 is 0 Å². The average molecular weight is 591 g/mol. The van der Waals surface area contributed by atoms with Gasteiger partial charge >= 0.3 is 0 Å². The van der Waals surface area contributed by atoms with E-state index in [0.717, 1.165) is 0 Å². The maximum atomic E-state index is 0. The van der Waals surface area contributed by atoms with E-state index in [1.54, 1.807) is 0 Å². The van der Waals surface area contributed by atoms with Gasteiger partial charge in [0.05, 0.1) is 0 Å². The lowest BCUT2D eigenvalue weighted by Gasteiger charge is -0.345. The lowest BCUT2D eigenvalue weighted by Crippen LogP contribution is -0.482. The molecule has 0 aromatic carbocycles. The van der Waals surface area contributed by atoms with Crippen LogP contribution in [0.4, 0.5) is 0 Å². The SMILES string of the molecule is Cl.Cl.Cl.Cl.Cl.Cl.Cl.Cl.Cl.Cl.Cl.Cl.N.N.N.N.N.N.N.N.N. The average Bonchev–Trinajstić information content (AvgIpc) is 0. The zero-order chi connectivity index (χ0) is 0. The summed E-state index contributed by atoms with van der Waals surface area (Å²) in [7, 11) is 0. The molecule has 0 rings (SSSR count). The molecule has 0 unspecified atom stereocenters. The van der Waals surface area contributed by atoms with Gasteiger partial charge in [-0.25, -0.2) is 0 Å². The molecule has 0 aliphatic rings. The molecular weight excluding hydrogens is 551 g/mol. The van der Waals surface area contributed by atoms with Gasteiger partial charge in [-0.1, -0.05) is 0 Å². The molecular formula is H39Cl12N9. The number of halogens is 12. The van der Waals surface area contributed by atoms with Gasteiger partial charge in [-0.15, -0.1) is 149 Å². The third-order valence-corrected chi connectivity index (χ3v) is 0. The van der Waals surface area contributed by atoms with E-state index in [2.05, 4.69) is 0 Å².